The fourth-order valence-electron chi connectivity index (χ4n) is 2.17. The van der Waals surface area contributed by atoms with Gasteiger partial charge in [-0.15, -0.1) is 24.0 Å². The van der Waals surface area contributed by atoms with Gasteiger partial charge >= 0.3 is 0 Å². The highest BCUT2D eigenvalue weighted by atomic mass is 127. The first kappa shape index (κ1) is 22.6. The monoisotopic (exact) mass is 448 g/mol. The number of nitrogens with zero attached hydrogens (tertiary/aromatic N) is 2. The van der Waals surface area contributed by atoms with E-state index in [1.165, 1.54) is 6.07 Å². The summed E-state index contributed by atoms with van der Waals surface area (Å²) in [5.41, 5.74) is 1.07. The molecule has 1 aromatic rings. The van der Waals surface area contributed by atoms with Crippen molar-refractivity contribution in [2.24, 2.45) is 10.4 Å². The molecule has 0 bridgehead atoms. The third-order valence-electron chi connectivity index (χ3n) is 3.57. The number of benzene rings is 1. The molecule has 1 rings (SSSR count). The molecule has 0 fully saturated rings. The summed E-state index contributed by atoms with van der Waals surface area (Å²) < 4.78 is 0. The Hall–Kier alpha value is -1.38. The Morgan fingerprint density at radius 3 is 2.50 bits per heavy atom. The number of nitro benzene ring substituents is 1. The molecule has 0 heterocycles. The summed E-state index contributed by atoms with van der Waals surface area (Å²) in [7, 11) is 1.70. The van der Waals surface area contributed by atoms with E-state index in [-0.39, 0.29) is 40.6 Å². The maximum Gasteiger partial charge on any atom is 0.274 e. The fraction of sp³-hybridized carbons (Fsp3) is 0.588. The lowest BCUT2D eigenvalue weighted by molar-refractivity contribution is -0.385. The van der Waals surface area contributed by atoms with Crippen LogP contribution in [0.4, 0.5) is 5.69 Å². The number of hydrogen-bond donors (Lipinski definition) is 2. The average Bonchev–Trinajstić information content (AvgIpc) is 2.48. The molecule has 24 heavy (non-hydrogen) atoms. The van der Waals surface area contributed by atoms with E-state index in [1.54, 1.807) is 25.2 Å². The summed E-state index contributed by atoms with van der Waals surface area (Å²) in [6.45, 7) is 9.15. The number of hydrogen-bond acceptors (Lipinski definition) is 3. The third-order valence-corrected chi connectivity index (χ3v) is 3.57. The van der Waals surface area contributed by atoms with Crippen LogP contribution >= 0.6 is 24.0 Å². The van der Waals surface area contributed by atoms with E-state index in [0.29, 0.717) is 23.5 Å². The van der Waals surface area contributed by atoms with Crippen molar-refractivity contribution in [1.82, 2.24) is 10.6 Å². The van der Waals surface area contributed by atoms with E-state index in [2.05, 4.69) is 43.3 Å². The molecule has 0 aromatic heterocycles. The molecule has 7 heteroatoms. The molecular formula is C17H29IN4O2. The molecule has 0 amide bonds. The van der Waals surface area contributed by atoms with Gasteiger partial charge in [-0.3, -0.25) is 15.1 Å². The lowest BCUT2D eigenvalue weighted by atomic mass is 9.89. The third kappa shape index (κ3) is 8.47. The van der Waals surface area contributed by atoms with E-state index >= 15 is 0 Å². The Kier molecular flexibility index (Phi) is 9.88. The molecule has 1 unspecified atom stereocenters. The summed E-state index contributed by atoms with van der Waals surface area (Å²) in [6, 6.07) is 7.02. The van der Waals surface area contributed by atoms with Crippen LogP contribution < -0.4 is 10.6 Å². The second-order valence-electron chi connectivity index (χ2n) is 6.96. The van der Waals surface area contributed by atoms with E-state index in [0.717, 1.165) is 12.8 Å². The van der Waals surface area contributed by atoms with Crippen molar-refractivity contribution in [1.29, 1.82) is 0 Å². The summed E-state index contributed by atoms with van der Waals surface area (Å²) >= 11 is 0. The molecule has 2 N–H and O–H groups in total. The second-order valence-corrected chi connectivity index (χ2v) is 6.96. The maximum atomic E-state index is 11.0. The van der Waals surface area contributed by atoms with Crippen LogP contribution in [0.15, 0.2) is 29.3 Å². The number of nitrogens with one attached hydrogen (secondary N) is 2. The largest absolute Gasteiger partial charge is 0.354 e. The predicted molar refractivity (Wildman–Crippen MR) is 110 cm³/mol. The quantitative estimate of drug-likeness (QED) is 0.226. The number of nitro groups is 1. The van der Waals surface area contributed by atoms with Gasteiger partial charge in [0.05, 0.1) is 4.92 Å². The number of guanidine groups is 1. The molecule has 1 atom stereocenters. The fourth-order valence-corrected chi connectivity index (χ4v) is 2.17. The molecule has 0 radical (unpaired) electrons. The van der Waals surface area contributed by atoms with Crippen LogP contribution in [0.3, 0.4) is 0 Å². The first-order valence-corrected chi connectivity index (χ1v) is 7.92. The van der Waals surface area contributed by atoms with E-state index in [4.69, 9.17) is 0 Å². The average molecular weight is 448 g/mol. The molecule has 0 saturated carbocycles. The van der Waals surface area contributed by atoms with Gasteiger partial charge in [-0.2, -0.15) is 0 Å². The molecule has 1 aromatic carbocycles. The summed E-state index contributed by atoms with van der Waals surface area (Å²) in [4.78, 5) is 14.8. The molecule has 0 aliphatic heterocycles. The zero-order valence-corrected chi connectivity index (χ0v) is 17.5. The van der Waals surface area contributed by atoms with Gasteiger partial charge < -0.3 is 10.6 Å². The lowest BCUT2D eigenvalue weighted by Gasteiger charge is -2.23. The van der Waals surface area contributed by atoms with Crippen molar-refractivity contribution >= 4 is 35.6 Å². The van der Waals surface area contributed by atoms with E-state index in [1.807, 2.05) is 0 Å². The minimum atomic E-state index is -0.362. The maximum absolute atomic E-state index is 11.0. The molecule has 0 saturated heterocycles. The first-order valence-electron chi connectivity index (χ1n) is 7.92. The zero-order valence-electron chi connectivity index (χ0n) is 15.1. The topological polar surface area (TPSA) is 79.6 Å². The van der Waals surface area contributed by atoms with Crippen molar-refractivity contribution < 1.29 is 4.92 Å². The highest BCUT2D eigenvalue weighted by molar-refractivity contribution is 14.0. The normalized spacial score (nSPS) is 13.0. The highest BCUT2D eigenvalue weighted by Gasteiger charge is 2.15. The van der Waals surface area contributed by atoms with Crippen molar-refractivity contribution in [2.75, 3.05) is 7.05 Å². The Balaban J connectivity index is 0.00000529. The number of rotatable bonds is 6. The molecule has 6 nitrogen and oxygen atoms in total. The first-order chi connectivity index (χ1) is 10.7. The van der Waals surface area contributed by atoms with Crippen LogP contribution in [0.2, 0.25) is 0 Å². The summed E-state index contributed by atoms with van der Waals surface area (Å²) in [5, 5.41) is 17.5. The number of halogens is 1. The molecule has 136 valence electrons. The molecule has 0 aliphatic carbocycles. The minimum absolute atomic E-state index is 0. The van der Waals surface area contributed by atoms with Crippen LogP contribution in [0.1, 0.15) is 46.1 Å². The lowest BCUT2D eigenvalue weighted by Crippen LogP contribution is -2.42. The second kappa shape index (κ2) is 10.5. The van der Waals surface area contributed by atoms with Crippen molar-refractivity contribution in [3.63, 3.8) is 0 Å². The van der Waals surface area contributed by atoms with E-state index < -0.39 is 0 Å². The zero-order chi connectivity index (χ0) is 17.5. The van der Waals surface area contributed by atoms with Gasteiger partial charge in [0.2, 0.25) is 0 Å². The van der Waals surface area contributed by atoms with Crippen LogP contribution in [0.5, 0.6) is 0 Å². The number of aliphatic imine (C=N–C) groups is 1. The van der Waals surface area contributed by atoms with Crippen molar-refractivity contribution in [3.05, 3.63) is 39.9 Å². The minimum Gasteiger partial charge on any atom is -0.354 e. The van der Waals surface area contributed by atoms with Gasteiger partial charge in [-0.25, -0.2) is 0 Å². The standard InChI is InChI=1S/C17H28N4O2.HI/c1-13(10-11-17(2,3)4)20-16(18-5)19-12-14-8-6-7-9-15(14)21(22)23;/h6-9,13H,10-12H2,1-5H3,(H2,18,19,20);1H. The Morgan fingerprint density at radius 2 is 1.96 bits per heavy atom. The SMILES string of the molecule is CN=C(NCc1ccccc1[N+](=O)[O-])NC(C)CCC(C)(C)C.I. The van der Waals surface area contributed by atoms with Gasteiger partial charge in [0.15, 0.2) is 5.96 Å². The predicted octanol–water partition coefficient (Wildman–Crippen LogP) is 4.09. The summed E-state index contributed by atoms with van der Waals surface area (Å²) in [6.07, 6.45) is 2.15. The molecule has 0 spiro atoms. The van der Waals surface area contributed by atoms with Gasteiger partial charge in [0.25, 0.3) is 5.69 Å². The molecular weight excluding hydrogens is 419 g/mol. The van der Waals surface area contributed by atoms with Gasteiger partial charge in [-0.05, 0) is 25.2 Å². The van der Waals surface area contributed by atoms with Crippen LogP contribution in [-0.4, -0.2) is 24.0 Å². The van der Waals surface area contributed by atoms with Gasteiger partial charge in [-0.1, -0.05) is 39.0 Å². The smallest absolute Gasteiger partial charge is 0.274 e. The number of para-hydroxylation sites is 1. The highest BCUT2D eigenvalue weighted by Crippen LogP contribution is 2.21. The summed E-state index contributed by atoms with van der Waals surface area (Å²) in [5.74, 6) is 0.657. The Morgan fingerprint density at radius 1 is 1.33 bits per heavy atom. The van der Waals surface area contributed by atoms with Gasteiger partial charge in [0.1, 0.15) is 0 Å². The van der Waals surface area contributed by atoms with Crippen LogP contribution in [0, 0.1) is 15.5 Å². The van der Waals surface area contributed by atoms with Crippen molar-refractivity contribution in [3.8, 4) is 0 Å². The van der Waals surface area contributed by atoms with Gasteiger partial charge in [0, 0.05) is 31.3 Å². The van der Waals surface area contributed by atoms with Crippen LogP contribution in [-0.2, 0) is 6.54 Å². The van der Waals surface area contributed by atoms with E-state index in [9.17, 15) is 10.1 Å². The molecule has 0 aliphatic rings. The van der Waals surface area contributed by atoms with Crippen LogP contribution in [0.25, 0.3) is 0 Å². The Labute approximate surface area is 161 Å². The van der Waals surface area contributed by atoms with Crippen molar-refractivity contribution in [2.45, 2.75) is 53.1 Å². The Bertz CT molecular complexity index is 556.